The topological polar surface area (TPSA) is 66.4 Å². The molecule has 0 saturated carbocycles. The molecule has 0 atom stereocenters. The summed E-state index contributed by atoms with van der Waals surface area (Å²) in [6.07, 6.45) is 4.59. The van der Waals surface area contributed by atoms with Crippen LogP contribution in [-0.2, 0) is 9.59 Å². The molecular formula is C17H22FNO3. The first-order valence-electron chi connectivity index (χ1n) is 7.35. The number of carboxylic acids is 1. The fourth-order valence-corrected chi connectivity index (χ4v) is 2.23. The third kappa shape index (κ3) is 5.68. The van der Waals surface area contributed by atoms with Crippen molar-refractivity contribution < 1.29 is 19.1 Å². The van der Waals surface area contributed by atoms with Crippen LogP contribution in [-0.4, -0.2) is 22.5 Å². The van der Waals surface area contributed by atoms with Crippen LogP contribution in [0, 0.1) is 5.82 Å². The predicted molar refractivity (Wildman–Crippen MR) is 83.8 cm³/mol. The van der Waals surface area contributed by atoms with Gasteiger partial charge in [0.1, 0.15) is 5.82 Å². The van der Waals surface area contributed by atoms with Gasteiger partial charge in [-0.25, -0.2) is 4.39 Å². The zero-order valence-electron chi connectivity index (χ0n) is 12.9. The third-order valence-electron chi connectivity index (χ3n) is 3.73. The first-order valence-corrected chi connectivity index (χ1v) is 7.35. The Morgan fingerprint density at radius 1 is 1.23 bits per heavy atom. The van der Waals surface area contributed by atoms with E-state index in [2.05, 4.69) is 5.32 Å². The maximum Gasteiger partial charge on any atom is 0.305 e. The summed E-state index contributed by atoms with van der Waals surface area (Å²) < 4.78 is 12.8. The summed E-state index contributed by atoms with van der Waals surface area (Å²) in [7, 11) is 0. The van der Waals surface area contributed by atoms with Crippen molar-refractivity contribution in [2.24, 2.45) is 0 Å². The lowest BCUT2D eigenvalue weighted by molar-refractivity contribution is -0.139. The Hall–Kier alpha value is -2.17. The summed E-state index contributed by atoms with van der Waals surface area (Å²) in [6.45, 7) is 3.72. The van der Waals surface area contributed by atoms with Gasteiger partial charge in [0.15, 0.2) is 0 Å². The van der Waals surface area contributed by atoms with Crippen LogP contribution in [0.3, 0.4) is 0 Å². The summed E-state index contributed by atoms with van der Waals surface area (Å²) >= 11 is 0. The van der Waals surface area contributed by atoms with Crippen LogP contribution in [0.5, 0.6) is 0 Å². The molecule has 0 spiro atoms. The van der Waals surface area contributed by atoms with E-state index >= 15 is 0 Å². The molecule has 120 valence electrons. The Morgan fingerprint density at radius 2 is 1.82 bits per heavy atom. The number of rotatable bonds is 8. The van der Waals surface area contributed by atoms with Crippen molar-refractivity contribution in [3.8, 4) is 0 Å². The highest BCUT2D eigenvalue weighted by atomic mass is 19.1. The van der Waals surface area contributed by atoms with Gasteiger partial charge >= 0.3 is 5.97 Å². The van der Waals surface area contributed by atoms with Crippen molar-refractivity contribution >= 4 is 18.0 Å². The molecule has 5 heteroatoms. The largest absolute Gasteiger partial charge is 0.481 e. The van der Waals surface area contributed by atoms with E-state index in [-0.39, 0.29) is 24.6 Å². The second-order valence-corrected chi connectivity index (χ2v) is 5.26. The molecule has 0 aliphatic heterocycles. The second-order valence-electron chi connectivity index (χ2n) is 5.26. The van der Waals surface area contributed by atoms with Crippen LogP contribution < -0.4 is 5.32 Å². The summed E-state index contributed by atoms with van der Waals surface area (Å²) in [6, 6.07) is 5.95. The lowest BCUT2D eigenvalue weighted by Gasteiger charge is -2.31. The molecule has 0 radical (unpaired) electrons. The normalized spacial score (nSPS) is 11.6. The minimum absolute atomic E-state index is 0.0899. The average Bonchev–Trinajstić information content (AvgIpc) is 2.48. The van der Waals surface area contributed by atoms with E-state index in [1.54, 1.807) is 24.3 Å². The van der Waals surface area contributed by atoms with Crippen LogP contribution in [0.2, 0.25) is 0 Å². The molecule has 22 heavy (non-hydrogen) atoms. The summed E-state index contributed by atoms with van der Waals surface area (Å²) in [5.41, 5.74) is 0.101. The summed E-state index contributed by atoms with van der Waals surface area (Å²) in [5.74, 6) is -1.45. The average molecular weight is 307 g/mol. The smallest absolute Gasteiger partial charge is 0.305 e. The van der Waals surface area contributed by atoms with Crippen molar-refractivity contribution in [2.45, 2.75) is 45.1 Å². The van der Waals surface area contributed by atoms with E-state index in [9.17, 15) is 14.0 Å². The highest BCUT2D eigenvalue weighted by Gasteiger charge is 2.30. The van der Waals surface area contributed by atoms with Gasteiger partial charge in [0.25, 0.3) is 0 Å². The molecule has 2 N–H and O–H groups in total. The van der Waals surface area contributed by atoms with Gasteiger partial charge in [-0.15, -0.1) is 0 Å². The molecule has 1 aromatic carbocycles. The van der Waals surface area contributed by atoms with E-state index in [1.807, 2.05) is 13.8 Å². The van der Waals surface area contributed by atoms with Gasteiger partial charge in [-0.1, -0.05) is 38.1 Å². The highest BCUT2D eigenvalue weighted by molar-refractivity contribution is 5.80. The number of aliphatic carboxylic acids is 1. The molecule has 0 aliphatic carbocycles. The number of nitrogens with one attached hydrogen (secondary N) is 1. The Kier molecular flexibility index (Phi) is 6.76. The molecule has 1 rings (SSSR count). The zero-order chi connectivity index (χ0) is 16.6. The maximum absolute atomic E-state index is 12.8. The van der Waals surface area contributed by atoms with Gasteiger partial charge < -0.3 is 10.4 Å². The Morgan fingerprint density at radius 3 is 2.32 bits per heavy atom. The number of hydrogen-bond donors (Lipinski definition) is 2. The zero-order valence-corrected chi connectivity index (χ0v) is 12.9. The molecule has 0 heterocycles. The first kappa shape index (κ1) is 17.9. The summed E-state index contributed by atoms with van der Waals surface area (Å²) in [4.78, 5) is 22.9. The van der Waals surface area contributed by atoms with Crippen molar-refractivity contribution in [3.05, 3.63) is 41.7 Å². The van der Waals surface area contributed by atoms with Gasteiger partial charge in [0.05, 0.1) is 6.42 Å². The SMILES string of the molecule is CCC(CC)(CC(=O)O)NC(=O)C/C=C/c1ccc(F)cc1. The lowest BCUT2D eigenvalue weighted by atomic mass is 9.89. The fourth-order valence-electron chi connectivity index (χ4n) is 2.23. The van der Waals surface area contributed by atoms with Gasteiger partial charge in [-0.3, -0.25) is 9.59 Å². The van der Waals surface area contributed by atoms with E-state index in [0.29, 0.717) is 12.8 Å². The van der Waals surface area contributed by atoms with Gasteiger partial charge in [0.2, 0.25) is 5.91 Å². The van der Waals surface area contributed by atoms with Crippen LogP contribution >= 0.6 is 0 Å². The second kappa shape index (κ2) is 8.32. The van der Waals surface area contributed by atoms with Crippen molar-refractivity contribution in [1.29, 1.82) is 0 Å². The first-order chi connectivity index (χ1) is 10.4. The number of carboxylic acid groups (broad SMARTS) is 1. The van der Waals surface area contributed by atoms with E-state index < -0.39 is 11.5 Å². The number of halogens is 1. The fraction of sp³-hybridized carbons (Fsp3) is 0.412. The van der Waals surface area contributed by atoms with E-state index in [0.717, 1.165) is 5.56 Å². The molecule has 0 unspecified atom stereocenters. The molecule has 1 aromatic rings. The molecule has 0 aromatic heterocycles. The molecular weight excluding hydrogens is 285 g/mol. The van der Waals surface area contributed by atoms with Gasteiger partial charge in [-0.2, -0.15) is 0 Å². The van der Waals surface area contributed by atoms with E-state index in [4.69, 9.17) is 5.11 Å². The van der Waals surface area contributed by atoms with Gasteiger partial charge in [-0.05, 0) is 30.5 Å². The molecule has 0 saturated heterocycles. The predicted octanol–water partition coefficient (Wildman–Crippen LogP) is 3.38. The number of carbonyl (C=O) groups is 2. The Bertz CT molecular complexity index is 533. The molecule has 0 aliphatic rings. The summed E-state index contributed by atoms with van der Waals surface area (Å²) in [5, 5.41) is 11.8. The number of benzene rings is 1. The van der Waals surface area contributed by atoms with Crippen LogP contribution in [0.4, 0.5) is 4.39 Å². The molecule has 1 amide bonds. The Balaban J connectivity index is 2.60. The quantitative estimate of drug-likeness (QED) is 0.773. The van der Waals surface area contributed by atoms with Crippen LogP contribution in [0.1, 0.15) is 45.1 Å². The minimum atomic E-state index is -0.925. The Labute approximate surface area is 130 Å². The minimum Gasteiger partial charge on any atom is -0.481 e. The maximum atomic E-state index is 12.8. The lowest BCUT2D eigenvalue weighted by Crippen LogP contribution is -2.48. The van der Waals surface area contributed by atoms with Gasteiger partial charge in [0, 0.05) is 12.0 Å². The van der Waals surface area contributed by atoms with E-state index in [1.165, 1.54) is 12.1 Å². The van der Waals surface area contributed by atoms with Crippen LogP contribution in [0.15, 0.2) is 30.3 Å². The highest BCUT2D eigenvalue weighted by Crippen LogP contribution is 2.20. The van der Waals surface area contributed by atoms with Crippen molar-refractivity contribution in [1.82, 2.24) is 5.32 Å². The van der Waals surface area contributed by atoms with Crippen LogP contribution in [0.25, 0.3) is 6.08 Å². The molecule has 4 nitrogen and oxygen atoms in total. The third-order valence-corrected chi connectivity index (χ3v) is 3.73. The molecule has 0 fully saturated rings. The standard InChI is InChI=1S/C17H22FNO3/c1-3-17(4-2,12-16(21)22)19-15(20)7-5-6-13-8-10-14(18)11-9-13/h5-6,8-11H,3-4,7,12H2,1-2H3,(H,19,20)(H,21,22)/b6-5+. The van der Waals surface area contributed by atoms with Crippen molar-refractivity contribution in [2.75, 3.05) is 0 Å². The number of amides is 1. The van der Waals surface area contributed by atoms with Crippen molar-refractivity contribution in [3.63, 3.8) is 0 Å². The number of hydrogen-bond acceptors (Lipinski definition) is 2. The number of carbonyl (C=O) groups excluding carboxylic acids is 1. The monoisotopic (exact) mass is 307 g/mol. The molecule has 0 bridgehead atoms.